The zero-order valence-electron chi connectivity index (χ0n) is 21.7. The van der Waals surface area contributed by atoms with Gasteiger partial charge in [0, 0.05) is 10.2 Å². The van der Waals surface area contributed by atoms with Crippen molar-refractivity contribution in [3.05, 3.63) is 104 Å². The molecular formula is C31H28BrNO6. The number of anilines is 1. The van der Waals surface area contributed by atoms with Gasteiger partial charge in [-0.1, -0.05) is 48.3 Å². The van der Waals surface area contributed by atoms with Crippen LogP contribution in [0.5, 0.6) is 5.75 Å². The number of carbonyl (C=O) groups excluding carboxylic acids is 2. The van der Waals surface area contributed by atoms with Crippen molar-refractivity contribution in [2.75, 3.05) is 18.1 Å². The highest BCUT2D eigenvalue weighted by Gasteiger charge is 2.43. The quantitative estimate of drug-likeness (QED) is 0.153. The lowest BCUT2D eigenvalue weighted by Crippen LogP contribution is -2.29. The van der Waals surface area contributed by atoms with Gasteiger partial charge in [-0.25, -0.2) is 4.79 Å². The molecule has 5 rings (SSSR count). The van der Waals surface area contributed by atoms with Crippen LogP contribution in [0.3, 0.4) is 0 Å². The van der Waals surface area contributed by atoms with Crippen molar-refractivity contribution in [2.45, 2.75) is 39.2 Å². The molecule has 1 atom stereocenters. The van der Waals surface area contributed by atoms with E-state index in [1.165, 1.54) is 4.90 Å². The van der Waals surface area contributed by atoms with Gasteiger partial charge in [0.05, 0.1) is 35.8 Å². The van der Waals surface area contributed by atoms with Crippen LogP contribution in [-0.4, -0.2) is 25.1 Å². The maximum absolute atomic E-state index is 13.8. The van der Waals surface area contributed by atoms with Crippen molar-refractivity contribution in [1.82, 2.24) is 0 Å². The molecular weight excluding hydrogens is 562 g/mol. The molecule has 0 spiro atoms. The number of fused-ring (bicyclic) bond motifs is 2. The Morgan fingerprint density at radius 3 is 2.38 bits per heavy atom. The Kier molecular flexibility index (Phi) is 7.84. The minimum Gasteiger partial charge on any atom is -0.494 e. The van der Waals surface area contributed by atoms with E-state index in [4.69, 9.17) is 13.9 Å². The SMILES string of the molecule is CCCCOC(=O)c1ccc(N2C(=O)c3oc4ccc(Br)cc4c(=O)c3C2c2ccc(OCCC)cc2)cc1. The number of ether oxygens (including phenoxy) is 2. The highest BCUT2D eigenvalue weighted by Crippen LogP contribution is 2.41. The summed E-state index contributed by atoms with van der Waals surface area (Å²) in [5, 5.41) is 0.385. The van der Waals surface area contributed by atoms with Crippen molar-refractivity contribution in [2.24, 2.45) is 0 Å². The van der Waals surface area contributed by atoms with Crippen LogP contribution in [-0.2, 0) is 4.74 Å². The van der Waals surface area contributed by atoms with Crippen molar-refractivity contribution in [1.29, 1.82) is 0 Å². The summed E-state index contributed by atoms with van der Waals surface area (Å²) in [5.41, 5.74) is 1.99. The molecule has 200 valence electrons. The van der Waals surface area contributed by atoms with Crippen LogP contribution in [0.15, 0.2) is 80.4 Å². The second-order valence-electron chi connectivity index (χ2n) is 9.35. The van der Waals surface area contributed by atoms with E-state index in [-0.39, 0.29) is 16.8 Å². The van der Waals surface area contributed by atoms with Gasteiger partial charge in [0.2, 0.25) is 5.76 Å². The molecule has 1 aliphatic rings. The molecule has 0 saturated heterocycles. The van der Waals surface area contributed by atoms with Crippen LogP contribution in [0.1, 0.15) is 71.2 Å². The molecule has 39 heavy (non-hydrogen) atoms. The summed E-state index contributed by atoms with van der Waals surface area (Å²) in [6, 6.07) is 18.4. The number of rotatable bonds is 9. The number of hydrogen-bond donors (Lipinski definition) is 0. The van der Waals surface area contributed by atoms with E-state index in [9.17, 15) is 14.4 Å². The van der Waals surface area contributed by atoms with Crippen LogP contribution in [0.4, 0.5) is 5.69 Å². The molecule has 4 aromatic rings. The molecule has 2 heterocycles. The number of amides is 1. The predicted molar refractivity (Wildman–Crippen MR) is 153 cm³/mol. The van der Waals surface area contributed by atoms with Gasteiger partial charge in [0.1, 0.15) is 11.3 Å². The molecule has 0 bridgehead atoms. The standard InChI is InChI=1S/C31H28BrNO6/c1-3-5-17-38-31(36)20-6-11-22(12-7-20)33-27(19-8-13-23(14-9-19)37-16-4-2)26-28(34)24-18-21(32)10-15-25(24)39-29(26)30(33)35/h6-15,18,27H,3-5,16-17H2,1-2H3. The molecule has 0 radical (unpaired) electrons. The van der Waals surface area contributed by atoms with E-state index in [0.717, 1.165) is 29.3 Å². The second kappa shape index (κ2) is 11.5. The topological polar surface area (TPSA) is 86.0 Å². The molecule has 1 aromatic heterocycles. The zero-order chi connectivity index (χ0) is 27.5. The Balaban J connectivity index is 1.59. The van der Waals surface area contributed by atoms with Gasteiger partial charge in [-0.3, -0.25) is 14.5 Å². The number of halogens is 1. The predicted octanol–water partition coefficient (Wildman–Crippen LogP) is 7.05. The van der Waals surface area contributed by atoms with E-state index in [2.05, 4.69) is 15.9 Å². The lowest BCUT2D eigenvalue weighted by molar-refractivity contribution is 0.0499. The van der Waals surface area contributed by atoms with Crippen LogP contribution in [0, 0.1) is 0 Å². The molecule has 3 aromatic carbocycles. The fraction of sp³-hybridized carbons (Fsp3) is 0.258. The van der Waals surface area contributed by atoms with Gasteiger partial charge < -0.3 is 13.9 Å². The van der Waals surface area contributed by atoms with E-state index < -0.39 is 17.9 Å². The lowest BCUT2D eigenvalue weighted by Gasteiger charge is -2.25. The Labute approximate surface area is 234 Å². The van der Waals surface area contributed by atoms with E-state index in [0.29, 0.717) is 41.2 Å². The van der Waals surface area contributed by atoms with Crippen molar-refractivity contribution < 1.29 is 23.5 Å². The molecule has 0 aliphatic carbocycles. The average Bonchev–Trinajstić information content (AvgIpc) is 3.25. The summed E-state index contributed by atoms with van der Waals surface area (Å²) in [5.74, 6) is -0.133. The normalized spacial score (nSPS) is 14.5. The van der Waals surface area contributed by atoms with Gasteiger partial charge >= 0.3 is 5.97 Å². The second-order valence-corrected chi connectivity index (χ2v) is 10.3. The Hall–Kier alpha value is -3.91. The Morgan fingerprint density at radius 2 is 1.69 bits per heavy atom. The van der Waals surface area contributed by atoms with Gasteiger partial charge in [-0.2, -0.15) is 0 Å². The molecule has 0 N–H and O–H groups in total. The van der Waals surface area contributed by atoms with Gasteiger partial charge in [0.15, 0.2) is 5.43 Å². The van der Waals surface area contributed by atoms with Crippen LogP contribution in [0.2, 0.25) is 0 Å². The first-order valence-corrected chi connectivity index (χ1v) is 13.8. The molecule has 0 saturated carbocycles. The fourth-order valence-corrected chi connectivity index (χ4v) is 5.00. The van der Waals surface area contributed by atoms with Crippen LogP contribution >= 0.6 is 15.9 Å². The molecule has 1 aliphatic heterocycles. The lowest BCUT2D eigenvalue weighted by atomic mass is 9.98. The number of carbonyl (C=O) groups is 2. The zero-order valence-corrected chi connectivity index (χ0v) is 23.3. The maximum atomic E-state index is 13.8. The molecule has 1 amide bonds. The maximum Gasteiger partial charge on any atom is 0.338 e. The number of nitrogens with zero attached hydrogens (tertiary/aromatic N) is 1. The molecule has 0 fully saturated rings. The first kappa shape index (κ1) is 26.7. The highest BCUT2D eigenvalue weighted by molar-refractivity contribution is 9.10. The first-order chi connectivity index (χ1) is 18.9. The number of unbranched alkanes of at least 4 members (excludes halogenated alkanes) is 1. The number of esters is 1. The number of benzene rings is 3. The smallest absolute Gasteiger partial charge is 0.338 e. The van der Waals surface area contributed by atoms with Crippen molar-refractivity contribution >= 4 is 44.5 Å². The molecule has 8 heteroatoms. The third-order valence-electron chi connectivity index (χ3n) is 6.61. The van der Waals surface area contributed by atoms with Gasteiger partial charge in [-0.05, 0) is 73.0 Å². The minimum atomic E-state index is -0.727. The van der Waals surface area contributed by atoms with Crippen molar-refractivity contribution in [3.8, 4) is 5.75 Å². The van der Waals surface area contributed by atoms with Gasteiger partial charge in [0.25, 0.3) is 5.91 Å². The van der Waals surface area contributed by atoms with Crippen LogP contribution < -0.4 is 15.1 Å². The summed E-state index contributed by atoms with van der Waals surface area (Å²) in [4.78, 5) is 41.6. The third-order valence-corrected chi connectivity index (χ3v) is 7.11. The minimum absolute atomic E-state index is 0.00850. The van der Waals surface area contributed by atoms with Gasteiger partial charge in [-0.15, -0.1) is 0 Å². The van der Waals surface area contributed by atoms with E-state index >= 15 is 0 Å². The summed E-state index contributed by atoms with van der Waals surface area (Å²) in [7, 11) is 0. The van der Waals surface area contributed by atoms with E-state index in [1.807, 2.05) is 38.1 Å². The third kappa shape index (κ3) is 5.21. The summed E-state index contributed by atoms with van der Waals surface area (Å²) in [6.07, 6.45) is 2.60. The van der Waals surface area contributed by atoms with Crippen LogP contribution in [0.25, 0.3) is 11.0 Å². The molecule has 1 unspecified atom stereocenters. The average molecular weight is 590 g/mol. The Morgan fingerprint density at radius 1 is 0.949 bits per heavy atom. The largest absolute Gasteiger partial charge is 0.494 e. The molecule has 7 nitrogen and oxygen atoms in total. The van der Waals surface area contributed by atoms with E-state index in [1.54, 1.807) is 42.5 Å². The van der Waals surface area contributed by atoms with Crippen molar-refractivity contribution in [3.63, 3.8) is 0 Å². The summed E-state index contributed by atoms with van der Waals surface area (Å²) >= 11 is 3.42. The highest BCUT2D eigenvalue weighted by atomic mass is 79.9. The monoisotopic (exact) mass is 589 g/mol. The number of hydrogen-bond acceptors (Lipinski definition) is 6. The summed E-state index contributed by atoms with van der Waals surface area (Å²) < 4.78 is 17.8. The Bertz CT molecular complexity index is 1580. The first-order valence-electron chi connectivity index (χ1n) is 13.0. The fourth-order valence-electron chi connectivity index (χ4n) is 4.64. The summed E-state index contributed by atoms with van der Waals surface area (Å²) in [6.45, 7) is 5.01.